The van der Waals surface area contributed by atoms with Gasteiger partial charge >= 0.3 is 6.61 Å². The lowest BCUT2D eigenvalue weighted by Gasteiger charge is -2.12. The molecule has 0 unspecified atom stereocenters. The van der Waals surface area contributed by atoms with Crippen molar-refractivity contribution in [2.75, 3.05) is 13.1 Å². The third-order valence-corrected chi connectivity index (χ3v) is 5.00. The summed E-state index contributed by atoms with van der Waals surface area (Å²) in [6.07, 6.45) is 1.46. The van der Waals surface area contributed by atoms with Crippen molar-refractivity contribution >= 4 is 34.9 Å². The van der Waals surface area contributed by atoms with E-state index in [0.29, 0.717) is 5.56 Å². The standard InChI is InChI=1S/C19H16F2N4O5S/c1-24-15(26)7-6-13(23-24)16(27)22-8-9-25-17(28)14(31-19(25)29)10-11-2-4-12(5-3-11)30-18(20)21/h2-7,10,18H,8-9H2,1H3,(H,22,27)/b14-10-. The fraction of sp³-hybridized carbons (Fsp3) is 0.211. The molecule has 1 saturated heterocycles. The Hall–Kier alpha value is -3.54. The van der Waals surface area contributed by atoms with E-state index in [9.17, 15) is 28.0 Å². The minimum absolute atomic E-state index is 0.00562. The molecule has 0 atom stereocenters. The molecule has 0 aliphatic carbocycles. The fourth-order valence-corrected chi connectivity index (χ4v) is 3.45. The number of nitrogens with zero attached hydrogens (tertiary/aromatic N) is 3. The average molecular weight is 450 g/mol. The van der Waals surface area contributed by atoms with Crippen molar-refractivity contribution in [1.29, 1.82) is 0 Å². The molecule has 2 heterocycles. The Morgan fingerprint density at radius 3 is 2.55 bits per heavy atom. The fourth-order valence-electron chi connectivity index (χ4n) is 2.58. The number of aromatic nitrogens is 2. The highest BCUT2D eigenvalue weighted by Gasteiger charge is 2.34. The number of hydrogen-bond acceptors (Lipinski definition) is 7. The lowest BCUT2D eigenvalue weighted by molar-refractivity contribution is -0.122. The van der Waals surface area contributed by atoms with Crippen molar-refractivity contribution in [2.24, 2.45) is 7.05 Å². The quantitative estimate of drug-likeness (QED) is 0.641. The first-order chi connectivity index (χ1) is 14.7. The molecule has 12 heteroatoms. The third kappa shape index (κ3) is 5.54. The van der Waals surface area contributed by atoms with Crippen LogP contribution in [0.2, 0.25) is 0 Å². The molecule has 1 N–H and O–H groups in total. The minimum atomic E-state index is -2.94. The second-order valence-corrected chi connectivity index (χ2v) is 7.21. The van der Waals surface area contributed by atoms with Gasteiger partial charge in [-0.1, -0.05) is 12.1 Å². The van der Waals surface area contributed by atoms with Gasteiger partial charge < -0.3 is 10.1 Å². The van der Waals surface area contributed by atoms with Crippen LogP contribution in [0.1, 0.15) is 16.1 Å². The molecule has 2 aromatic rings. The number of amides is 3. The summed E-state index contributed by atoms with van der Waals surface area (Å²) in [4.78, 5) is 49.2. The molecule has 3 rings (SSSR count). The highest BCUT2D eigenvalue weighted by atomic mass is 32.2. The van der Waals surface area contributed by atoms with E-state index in [4.69, 9.17) is 0 Å². The Morgan fingerprint density at radius 1 is 1.19 bits per heavy atom. The van der Waals surface area contributed by atoms with Gasteiger partial charge in [0.05, 0.1) is 4.91 Å². The maximum Gasteiger partial charge on any atom is 0.387 e. The zero-order valence-corrected chi connectivity index (χ0v) is 16.9. The Morgan fingerprint density at radius 2 is 1.90 bits per heavy atom. The number of benzene rings is 1. The molecule has 1 fully saturated rings. The highest BCUT2D eigenvalue weighted by molar-refractivity contribution is 8.18. The molecule has 162 valence electrons. The van der Waals surface area contributed by atoms with E-state index in [1.165, 1.54) is 49.5 Å². The second kappa shape index (κ2) is 9.51. The summed E-state index contributed by atoms with van der Waals surface area (Å²) in [5.74, 6) is -1.11. The van der Waals surface area contributed by atoms with E-state index in [1.54, 1.807) is 0 Å². The Kier molecular flexibility index (Phi) is 6.80. The first-order valence-electron chi connectivity index (χ1n) is 8.87. The molecule has 0 bridgehead atoms. The van der Waals surface area contributed by atoms with Crippen LogP contribution in [0.5, 0.6) is 5.75 Å². The zero-order valence-electron chi connectivity index (χ0n) is 16.1. The molecular formula is C19H16F2N4O5S. The smallest absolute Gasteiger partial charge is 0.387 e. The largest absolute Gasteiger partial charge is 0.435 e. The van der Waals surface area contributed by atoms with Crippen LogP contribution < -0.4 is 15.6 Å². The summed E-state index contributed by atoms with van der Waals surface area (Å²) >= 11 is 0.734. The molecule has 1 aliphatic rings. The lowest BCUT2D eigenvalue weighted by Crippen LogP contribution is -2.38. The number of alkyl halides is 2. The molecule has 0 spiro atoms. The summed E-state index contributed by atoms with van der Waals surface area (Å²) in [6, 6.07) is 8.09. The van der Waals surface area contributed by atoms with Crippen molar-refractivity contribution in [3.63, 3.8) is 0 Å². The topological polar surface area (TPSA) is 111 Å². The Labute approximate surface area is 178 Å². The predicted molar refractivity (Wildman–Crippen MR) is 108 cm³/mol. The number of aryl methyl sites for hydroxylation is 1. The summed E-state index contributed by atoms with van der Waals surface area (Å²) in [5, 5.41) is 5.85. The summed E-state index contributed by atoms with van der Waals surface area (Å²) < 4.78 is 29.7. The van der Waals surface area contributed by atoms with E-state index < -0.39 is 23.7 Å². The minimum Gasteiger partial charge on any atom is -0.435 e. The van der Waals surface area contributed by atoms with E-state index >= 15 is 0 Å². The Balaban J connectivity index is 1.58. The molecule has 1 aromatic heterocycles. The summed E-state index contributed by atoms with van der Waals surface area (Å²) in [7, 11) is 1.41. The van der Waals surface area contributed by atoms with Crippen molar-refractivity contribution in [3.05, 3.63) is 62.9 Å². The van der Waals surface area contributed by atoms with E-state index in [1.807, 2.05) is 0 Å². The van der Waals surface area contributed by atoms with Gasteiger partial charge in [-0.25, -0.2) is 4.68 Å². The maximum atomic E-state index is 12.5. The monoisotopic (exact) mass is 450 g/mol. The molecule has 3 amide bonds. The Bertz CT molecular complexity index is 1100. The number of rotatable bonds is 7. The predicted octanol–water partition coefficient (Wildman–Crippen LogP) is 1.85. The van der Waals surface area contributed by atoms with Crippen molar-refractivity contribution < 1.29 is 27.9 Å². The van der Waals surface area contributed by atoms with Crippen LogP contribution in [-0.4, -0.2) is 51.4 Å². The van der Waals surface area contributed by atoms with E-state index in [0.717, 1.165) is 21.3 Å². The van der Waals surface area contributed by atoms with Gasteiger partial charge in [-0.3, -0.25) is 24.1 Å². The molecule has 0 radical (unpaired) electrons. The molecule has 31 heavy (non-hydrogen) atoms. The highest BCUT2D eigenvalue weighted by Crippen LogP contribution is 2.32. The van der Waals surface area contributed by atoms with Crippen LogP contribution in [-0.2, 0) is 11.8 Å². The molecular weight excluding hydrogens is 434 g/mol. The summed E-state index contributed by atoms with van der Waals surface area (Å²) in [5.41, 5.74) is 0.189. The number of carbonyl (C=O) groups excluding carboxylic acids is 3. The number of hydrogen-bond donors (Lipinski definition) is 1. The van der Waals surface area contributed by atoms with Crippen molar-refractivity contribution in [1.82, 2.24) is 20.0 Å². The molecule has 9 nitrogen and oxygen atoms in total. The van der Waals surface area contributed by atoms with Gasteiger partial charge in [-0.05, 0) is 41.6 Å². The SMILES string of the molecule is Cn1nc(C(=O)NCCN2C(=O)S/C(=C\c3ccc(OC(F)F)cc3)C2=O)ccc1=O. The van der Waals surface area contributed by atoms with E-state index in [-0.39, 0.29) is 35.0 Å². The number of ether oxygens (including phenoxy) is 1. The van der Waals surface area contributed by atoms with Gasteiger partial charge in [0.2, 0.25) is 0 Å². The molecule has 1 aliphatic heterocycles. The van der Waals surface area contributed by atoms with Gasteiger partial charge in [0.1, 0.15) is 11.4 Å². The summed E-state index contributed by atoms with van der Waals surface area (Å²) in [6.45, 7) is -3.00. The van der Waals surface area contributed by atoms with Gasteiger partial charge in [0, 0.05) is 26.2 Å². The van der Waals surface area contributed by atoms with Gasteiger partial charge in [-0.15, -0.1) is 0 Å². The number of nitrogens with one attached hydrogen (secondary N) is 1. The van der Waals surface area contributed by atoms with Crippen LogP contribution in [0.25, 0.3) is 6.08 Å². The number of carbonyl (C=O) groups is 3. The molecule has 1 aromatic carbocycles. The van der Waals surface area contributed by atoms with Crippen LogP contribution in [0, 0.1) is 0 Å². The number of imide groups is 1. The maximum absolute atomic E-state index is 12.5. The van der Waals surface area contributed by atoms with Gasteiger partial charge in [0.15, 0.2) is 0 Å². The van der Waals surface area contributed by atoms with Crippen molar-refractivity contribution in [3.8, 4) is 5.75 Å². The lowest BCUT2D eigenvalue weighted by atomic mass is 10.2. The second-order valence-electron chi connectivity index (χ2n) is 6.22. The van der Waals surface area contributed by atoms with Crippen LogP contribution >= 0.6 is 11.8 Å². The molecule has 0 saturated carbocycles. The average Bonchev–Trinajstić information content (AvgIpc) is 2.98. The normalized spacial score (nSPS) is 15.1. The number of thioether (sulfide) groups is 1. The van der Waals surface area contributed by atoms with Crippen LogP contribution in [0.4, 0.5) is 13.6 Å². The zero-order chi connectivity index (χ0) is 22.5. The van der Waals surface area contributed by atoms with Crippen LogP contribution in [0.15, 0.2) is 46.1 Å². The first kappa shape index (κ1) is 22.2. The van der Waals surface area contributed by atoms with Crippen molar-refractivity contribution in [2.45, 2.75) is 6.61 Å². The first-order valence-corrected chi connectivity index (χ1v) is 9.69. The number of halogens is 2. The van der Waals surface area contributed by atoms with Gasteiger partial charge in [-0.2, -0.15) is 13.9 Å². The van der Waals surface area contributed by atoms with E-state index in [2.05, 4.69) is 15.2 Å². The van der Waals surface area contributed by atoms with Gasteiger partial charge in [0.25, 0.3) is 22.6 Å². The third-order valence-electron chi connectivity index (χ3n) is 4.09. The van der Waals surface area contributed by atoms with Crippen LogP contribution in [0.3, 0.4) is 0 Å².